The lowest BCUT2D eigenvalue weighted by Crippen LogP contribution is -2.31. The minimum Gasteiger partial charge on any atom is -0.493 e. The van der Waals surface area contributed by atoms with E-state index in [2.05, 4.69) is 32.5 Å². The molecule has 2 aromatic rings. The van der Waals surface area contributed by atoms with Crippen molar-refractivity contribution in [2.75, 3.05) is 39.9 Å². The number of nitrogens with zero attached hydrogens (tertiary/aromatic N) is 2. The van der Waals surface area contributed by atoms with Gasteiger partial charge in [0, 0.05) is 12.8 Å². The monoisotopic (exact) mass is 550 g/mol. The van der Waals surface area contributed by atoms with Crippen molar-refractivity contribution in [1.29, 1.82) is 0 Å². The van der Waals surface area contributed by atoms with Gasteiger partial charge in [-0.15, -0.1) is 0 Å². The summed E-state index contributed by atoms with van der Waals surface area (Å²) in [5, 5.41) is 0. The molecule has 1 aliphatic heterocycles. The van der Waals surface area contributed by atoms with Crippen LogP contribution in [0.2, 0.25) is 0 Å². The highest BCUT2D eigenvalue weighted by Crippen LogP contribution is 2.34. The number of benzene rings is 2. The number of hydrogen-bond donors (Lipinski definition) is 0. The number of aliphatic imine (C=N–C) groups is 1. The molecule has 32 heavy (non-hydrogen) atoms. The van der Waals surface area contributed by atoms with Gasteiger partial charge in [-0.25, -0.2) is 4.79 Å². The van der Waals surface area contributed by atoms with E-state index in [1.807, 2.05) is 30.5 Å². The van der Waals surface area contributed by atoms with Crippen LogP contribution in [0.4, 0.5) is 0 Å². The van der Waals surface area contributed by atoms with Gasteiger partial charge >= 0.3 is 5.97 Å². The zero-order valence-electron chi connectivity index (χ0n) is 18.8. The summed E-state index contributed by atoms with van der Waals surface area (Å²) in [7, 11) is 1.64. The summed E-state index contributed by atoms with van der Waals surface area (Å²) in [6.45, 7) is 6.66. The lowest BCUT2D eigenvalue weighted by atomic mass is 10.1. The summed E-state index contributed by atoms with van der Waals surface area (Å²) >= 11 is 2.25. The minimum absolute atomic E-state index is 0.322. The molecule has 0 spiro atoms. The van der Waals surface area contributed by atoms with Crippen molar-refractivity contribution in [2.24, 2.45) is 4.99 Å². The van der Waals surface area contributed by atoms with Gasteiger partial charge in [-0.2, -0.15) is 0 Å². The number of piperidine rings is 1. The van der Waals surface area contributed by atoms with Gasteiger partial charge in [0.1, 0.15) is 6.61 Å². The van der Waals surface area contributed by atoms with E-state index in [0.717, 1.165) is 27.8 Å². The molecule has 1 saturated heterocycles. The molecule has 0 atom stereocenters. The van der Waals surface area contributed by atoms with Gasteiger partial charge in [0.25, 0.3) is 0 Å². The van der Waals surface area contributed by atoms with Crippen molar-refractivity contribution in [2.45, 2.75) is 32.8 Å². The first-order valence-corrected chi connectivity index (χ1v) is 12.2. The average molecular weight is 550 g/mol. The summed E-state index contributed by atoms with van der Waals surface area (Å²) in [6.07, 6.45) is 5.85. The molecular weight excluding hydrogens is 519 g/mol. The number of hydrogen-bond acceptors (Lipinski definition) is 6. The number of carbonyl (C=O) groups is 1. The molecule has 0 N–H and O–H groups in total. The first-order valence-electron chi connectivity index (χ1n) is 11.1. The van der Waals surface area contributed by atoms with Gasteiger partial charge in [0.15, 0.2) is 11.5 Å². The second-order valence-electron chi connectivity index (χ2n) is 7.68. The minimum atomic E-state index is -0.328. The predicted molar refractivity (Wildman–Crippen MR) is 135 cm³/mol. The van der Waals surface area contributed by atoms with E-state index < -0.39 is 0 Å². The first-order chi connectivity index (χ1) is 15.6. The third-order valence-corrected chi connectivity index (χ3v) is 6.11. The maximum atomic E-state index is 12.0. The van der Waals surface area contributed by atoms with Crippen molar-refractivity contribution in [3.05, 3.63) is 56.7 Å². The van der Waals surface area contributed by atoms with Crippen LogP contribution in [0.5, 0.6) is 11.5 Å². The Morgan fingerprint density at radius 1 is 1.19 bits per heavy atom. The highest BCUT2D eigenvalue weighted by atomic mass is 127. The fourth-order valence-electron chi connectivity index (χ4n) is 3.66. The SMILES string of the molecule is CCOC(=O)c1cccc(COc2c(I)cc(/C=N/CCN3CCCCC3)cc2OC)c1. The van der Waals surface area contributed by atoms with E-state index in [1.54, 1.807) is 26.2 Å². The van der Waals surface area contributed by atoms with Crippen LogP contribution >= 0.6 is 22.6 Å². The smallest absolute Gasteiger partial charge is 0.338 e. The topological polar surface area (TPSA) is 60.4 Å². The predicted octanol–water partition coefficient (Wildman–Crippen LogP) is 4.96. The first kappa shape index (κ1) is 24.5. The van der Waals surface area contributed by atoms with Gasteiger partial charge in [0.2, 0.25) is 0 Å². The second kappa shape index (κ2) is 12.8. The molecule has 2 aromatic carbocycles. The fraction of sp³-hybridized carbons (Fsp3) is 0.440. The molecule has 1 fully saturated rings. The Kier molecular flexibility index (Phi) is 9.80. The standard InChI is InChI=1S/C25H31IN2O4/c1-3-31-25(29)21-9-7-8-19(14-21)18-32-24-22(26)15-20(16-23(24)30-2)17-27-10-13-28-11-5-4-6-12-28/h7-9,14-17H,3-6,10-13,18H2,1-2H3/b27-17+. The molecule has 0 saturated carbocycles. The summed E-state index contributed by atoms with van der Waals surface area (Å²) in [5.41, 5.74) is 2.39. The quantitative estimate of drug-likeness (QED) is 0.238. The van der Waals surface area contributed by atoms with Crippen molar-refractivity contribution in [3.8, 4) is 11.5 Å². The summed E-state index contributed by atoms with van der Waals surface area (Å²) in [6, 6.07) is 11.3. The Morgan fingerprint density at radius 2 is 2.00 bits per heavy atom. The van der Waals surface area contributed by atoms with Gasteiger partial charge in [-0.3, -0.25) is 4.99 Å². The number of methoxy groups -OCH3 is 1. The van der Waals surface area contributed by atoms with Crippen LogP contribution in [0.3, 0.4) is 0 Å². The highest BCUT2D eigenvalue weighted by molar-refractivity contribution is 14.1. The van der Waals surface area contributed by atoms with Crippen LogP contribution in [0.25, 0.3) is 0 Å². The normalized spacial score (nSPS) is 14.5. The molecule has 0 aromatic heterocycles. The number of ether oxygens (including phenoxy) is 3. The zero-order chi connectivity index (χ0) is 22.8. The molecular formula is C25H31IN2O4. The van der Waals surface area contributed by atoms with Crippen molar-refractivity contribution < 1.29 is 19.0 Å². The molecule has 1 heterocycles. The molecule has 3 rings (SSSR count). The zero-order valence-corrected chi connectivity index (χ0v) is 21.0. The number of esters is 1. The number of rotatable bonds is 10. The van der Waals surface area contributed by atoms with Crippen molar-refractivity contribution >= 4 is 34.8 Å². The summed E-state index contributed by atoms with van der Waals surface area (Å²) in [5.74, 6) is 1.02. The van der Waals surface area contributed by atoms with Crippen LogP contribution in [0, 0.1) is 3.57 Å². The van der Waals surface area contributed by atoms with Crippen LogP contribution in [-0.2, 0) is 11.3 Å². The largest absolute Gasteiger partial charge is 0.493 e. The van der Waals surface area contributed by atoms with E-state index >= 15 is 0 Å². The Hall–Kier alpha value is -2.13. The maximum absolute atomic E-state index is 12.0. The maximum Gasteiger partial charge on any atom is 0.338 e. The number of carbonyl (C=O) groups excluding carboxylic acids is 1. The Morgan fingerprint density at radius 3 is 2.75 bits per heavy atom. The van der Waals surface area contributed by atoms with Gasteiger partial charge in [-0.05, 0) is 90.8 Å². The molecule has 0 bridgehead atoms. The Bertz CT molecular complexity index is 926. The summed E-state index contributed by atoms with van der Waals surface area (Å²) < 4.78 is 17.7. The molecule has 172 valence electrons. The number of halogens is 1. The van der Waals surface area contributed by atoms with E-state index in [9.17, 15) is 4.79 Å². The molecule has 0 aliphatic carbocycles. The molecule has 7 heteroatoms. The Balaban J connectivity index is 1.61. The van der Waals surface area contributed by atoms with Gasteiger partial charge in [-0.1, -0.05) is 18.6 Å². The molecule has 0 amide bonds. The molecule has 6 nitrogen and oxygen atoms in total. The van der Waals surface area contributed by atoms with Crippen LogP contribution in [0.1, 0.15) is 47.7 Å². The van der Waals surface area contributed by atoms with Crippen LogP contribution in [0.15, 0.2) is 41.4 Å². The molecule has 0 unspecified atom stereocenters. The highest BCUT2D eigenvalue weighted by Gasteiger charge is 2.13. The van der Waals surface area contributed by atoms with E-state index in [-0.39, 0.29) is 5.97 Å². The van der Waals surface area contributed by atoms with Gasteiger partial charge in [0.05, 0.1) is 29.4 Å². The molecule has 0 radical (unpaired) electrons. The van der Waals surface area contributed by atoms with Crippen molar-refractivity contribution in [1.82, 2.24) is 4.90 Å². The van der Waals surface area contributed by atoms with E-state index in [0.29, 0.717) is 30.3 Å². The Labute approximate surface area is 204 Å². The average Bonchev–Trinajstić information content (AvgIpc) is 2.82. The second-order valence-corrected chi connectivity index (χ2v) is 8.84. The third-order valence-electron chi connectivity index (χ3n) is 5.31. The van der Waals surface area contributed by atoms with Crippen molar-refractivity contribution in [3.63, 3.8) is 0 Å². The fourth-order valence-corrected chi connectivity index (χ4v) is 4.45. The van der Waals surface area contributed by atoms with E-state index in [1.165, 1.54) is 32.4 Å². The third kappa shape index (κ3) is 7.20. The number of likely N-dealkylation sites (tertiary alicyclic amines) is 1. The lowest BCUT2D eigenvalue weighted by Gasteiger charge is -2.25. The lowest BCUT2D eigenvalue weighted by molar-refractivity contribution is 0.0526. The van der Waals surface area contributed by atoms with Crippen LogP contribution < -0.4 is 9.47 Å². The summed E-state index contributed by atoms with van der Waals surface area (Å²) in [4.78, 5) is 19.1. The molecule has 1 aliphatic rings. The van der Waals surface area contributed by atoms with Crippen LogP contribution in [-0.4, -0.2) is 57.0 Å². The van der Waals surface area contributed by atoms with Gasteiger partial charge < -0.3 is 19.1 Å². The van der Waals surface area contributed by atoms with E-state index in [4.69, 9.17) is 14.2 Å².